The molecular formula is C34H39FO4. The summed E-state index contributed by atoms with van der Waals surface area (Å²) in [4.78, 5) is 10.0. The minimum Gasteiger partial charge on any atom is -0.497 e. The molecule has 0 aromatic heterocycles. The van der Waals surface area contributed by atoms with Gasteiger partial charge in [-0.15, -0.1) is 0 Å². The van der Waals surface area contributed by atoms with Crippen LogP contribution < -0.4 is 9.47 Å². The summed E-state index contributed by atoms with van der Waals surface area (Å²) in [6.07, 6.45) is 6.90. The summed E-state index contributed by atoms with van der Waals surface area (Å²) in [6.45, 7) is 7.15. The van der Waals surface area contributed by atoms with Gasteiger partial charge >= 0.3 is 5.97 Å². The number of methoxy groups -OCH3 is 1. The van der Waals surface area contributed by atoms with Crippen molar-refractivity contribution in [1.82, 2.24) is 0 Å². The fourth-order valence-corrected chi connectivity index (χ4v) is 5.23. The number of ether oxygens (including phenoxy) is 2. The molecule has 0 bridgehead atoms. The van der Waals surface area contributed by atoms with Gasteiger partial charge in [0.25, 0.3) is 0 Å². The number of carboxylic acid groups (broad SMARTS) is 1. The van der Waals surface area contributed by atoms with Crippen molar-refractivity contribution in [3.63, 3.8) is 0 Å². The molecule has 0 amide bonds. The van der Waals surface area contributed by atoms with Crippen LogP contribution in [0.4, 0.5) is 4.39 Å². The van der Waals surface area contributed by atoms with Crippen molar-refractivity contribution in [2.45, 2.75) is 59.5 Å². The SMILES string of the molecule is CC1CC1CCC(=O)O.COc1ccc(F)c(-c2ccc(COc3ccccc3)cc2C2=CCCC2(C)C)c1. The van der Waals surface area contributed by atoms with Crippen molar-refractivity contribution in [3.8, 4) is 22.6 Å². The Morgan fingerprint density at radius 1 is 1.00 bits per heavy atom. The number of rotatable bonds is 9. The molecule has 0 heterocycles. The highest BCUT2D eigenvalue weighted by molar-refractivity contribution is 5.85. The summed E-state index contributed by atoms with van der Waals surface area (Å²) >= 11 is 0. The Labute approximate surface area is 231 Å². The Balaban J connectivity index is 0.000000333. The van der Waals surface area contributed by atoms with Crippen LogP contribution in [-0.2, 0) is 11.4 Å². The summed E-state index contributed by atoms with van der Waals surface area (Å²) in [5.41, 5.74) is 4.88. The van der Waals surface area contributed by atoms with Crippen molar-refractivity contribution in [2.24, 2.45) is 17.3 Å². The van der Waals surface area contributed by atoms with Gasteiger partial charge in [-0.3, -0.25) is 4.79 Å². The maximum Gasteiger partial charge on any atom is 0.303 e. The van der Waals surface area contributed by atoms with Crippen molar-refractivity contribution < 1.29 is 23.8 Å². The molecule has 2 atom stereocenters. The number of hydrogen-bond acceptors (Lipinski definition) is 3. The third kappa shape index (κ3) is 7.50. The van der Waals surface area contributed by atoms with E-state index in [9.17, 15) is 9.18 Å². The van der Waals surface area contributed by atoms with E-state index in [0.717, 1.165) is 53.5 Å². The highest BCUT2D eigenvalue weighted by atomic mass is 19.1. The van der Waals surface area contributed by atoms with Crippen molar-refractivity contribution >= 4 is 11.5 Å². The van der Waals surface area contributed by atoms with Gasteiger partial charge in [0.1, 0.15) is 23.9 Å². The Kier molecular flexibility index (Phi) is 9.11. The molecule has 0 saturated heterocycles. The highest BCUT2D eigenvalue weighted by Gasteiger charge is 2.32. The van der Waals surface area contributed by atoms with Gasteiger partial charge in [-0.1, -0.05) is 57.2 Å². The van der Waals surface area contributed by atoms with Gasteiger partial charge in [0.15, 0.2) is 0 Å². The van der Waals surface area contributed by atoms with Crippen LogP contribution in [0.2, 0.25) is 0 Å². The first-order valence-electron chi connectivity index (χ1n) is 13.8. The maximum atomic E-state index is 14.8. The lowest BCUT2D eigenvalue weighted by Gasteiger charge is -2.25. The topological polar surface area (TPSA) is 55.8 Å². The van der Waals surface area contributed by atoms with Crippen LogP contribution in [0.5, 0.6) is 11.5 Å². The number of carboxylic acids is 1. The molecule has 2 aliphatic rings. The summed E-state index contributed by atoms with van der Waals surface area (Å²) in [5.74, 6) is 2.09. The molecule has 206 valence electrons. The molecule has 0 spiro atoms. The monoisotopic (exact) mass is 530 g/mol. The summed E-state index contributed by atoms with van der Waals surface area (Å²) in [6, 6.07) is 20.9. The van der Waals surface area contributed by atoms with E-state index in [1.807, 2.05) is 42.5 Å². The second-order valence-electron chi connectivity index (χ2n) is 11.3. The second kappa shape index (κ2) is 12.5. The van der Waals surface area contributed by atoms with E-state index < -0.39 is 5.97 Å². The molecule has 5 rings (SSSR count). The Morgan fingerprint density at radius 2 is 1.74 bits per heavy atom. The third-order valence-corrected chi connectivity index (χ3v) is 7.84. The molecular weight excluding hydrogens is 491 g/mol. The predicted octanol–water partition coefficient (Wildman–Crippen LogP) is 8.79. The largest absolute Gasteiger partial charge is 0.497 e. The molecule has 4 nitrogen and oxygen atoms in total. The highest BCUT2D eigenvalue weighted by Crippen LogP contribution is 2.47. The molecule has 0 radical (unpaired) electrons. The number of halogens is 1. The van der Waals surface area contributed by atoms with Crippen LogP contribution in [0, 0.1) is 23.1 Å². The normalized spacial score (nSPS) is 18.9. The number of carbonyl (C=O) groups is 1. The van der Waals surface area contributed by atoms with E-state index in [1.54, 1.807) is 19.2 Å². The van der Waals surface area contributed by atoms with Crippen LogP contribution in [0.3, 0.4) is 0 Å². The number of hydrogen-bond donors (Lipinski definition) is 1. The Hall–Kier alpha value is -3.60. The first-order chi connectivity index (χ1) is 18.7. The minimum absolute atomic E-state index is 0.0446. The molecule has 3 aromatic rings. The smallest absolute Gasteiger partial charge is 0.303 e. The van der Waals surface area contributed by atoms with Crippen LogP contribution >= 0.6 is 0 Å². The average molecular weight is 531 g/mol. The first kappa shape index (κ1) is 28.4. The fourth-order valence-electron chi connectivity index (χ4n) is 5.23. The van der Waals surface area contributed by atoms with E-state index >= 15 is 0 Å². The molecule has 1 fully saturated rings. The van der Waals surface area contributed by atoms with Gasteiger partial charge in [0.2, 0.25) is 0 Å². The van der Waals surface area contributed by atoms with Gasteiger partial charge in [-0.25, -0.2) is 4.39 Å². The van der Waals surface area contributed by atoms with Crippen LogP contribution in [-0.4, -0.2) is 18.2 Å². The fraction of sp³-hybridized carbons (Fsp3) is 0.382. The first-order valence-corrected chi connectivity index (χ1v) is 13.8. The van der Waals surface area contributed by atoms with E-state index in [-0.39, 0.29) is 11.2 Å². The quantitative estimate of drug-likeness (QED) is 0.300. The molecule has 5 heteroatoms. The second-order valence-corrected chi connectivity index (χ2v) is 11.3. The zero-order valence-electron chi connectivity index (χ0n) is 23.4. The molecule has 3 aromatic carbocycles. The number of benzene rings is 3. The third-order valence-electron chi connectivity index (χ3n) is 7.84. The molecule has 2 unspecified atom stereocenters. The minimum atomic E-state index is -0.658. The summed E-state index contributed by atoms with van der Waals surface area (Å²) in [5, 5.41) is 8.28. The Bertz CT molecular complexity index is 1310. The van der Waals surface area contributed by atoms with Crippen LogP contribution in [0.25, 0.3) is 16.7 Å². The number of aliphatic carboxylic acids is 1. The van der Waals surface area contributed by atoms with Gasteiger partial charge in [-0.05, 0) is 102 Å². The van der Waals surface area contributed by atoms with Gasteiger partial charge in [0.05, 0.1) is 7.11 Å². The molecule has 2 aliphatic carbocycles. The molecule has 1 saturated carbocycles. The van der Waals surface area contributed by atoms with Gasteiger partial charge < -0.3 is 14.6 Å². The standard InChI is InChI=1S/C27H27FO2.C7H12O2/c1-27(2)15-7-10-25(27)23-16-19(18-30-20-8-5-4-6-9-20)11-13-22(23)24-17-21(29-3)12-14-26(24)28;1-5-4-6(5)2-3-7(8)9/h4-6,8-14,16-17H,7,15,18H2,1-3H3;5-6H,2-4H2,1H3,(H,8,9). The van der Waals surface area contributed by atoms with E-state index in [4.69, 9.17) is 14.6 Å². The number of allylic oxidation sites excluding steroid dienone is 2. The zero-order chi connectivity index (χ0) is 28.0. The zero-order valence-corrected chi connectivity index (χ0v) is 23.4. The van der Waals surface area contributed by atoms with Crippen molar-refractivity contribution in [1.29, 1.82) is 0 Å². The van der Waals surface area contributed by atoms with E-state index in [2.05, 4.69) is 32.9 Å². The molecule has 39 heavy (non-hydrogen) atoms. The van der Waals surface area contributed by atoms with Crippen LogP contribution in [0.15, 0.2) is 72.8 Å². The van der Waals surface area contributed by atoms with Gasteiger partial charge in [0, 0.05) is 12.0 Å². The summed E-state index contributed by atoms with van der Waals surface area (Å²) < 4.78 is 26.1. The lowest BCUT2D eigenvalue weighted by atomic mass is 9.79. The molecule has 1 N–H and O–H groups in total. The van der Waals surface area contributed by atoms with Crippen molar-refractivity contribution in [2.75, 3.05) is 7.11 Å². The van der Waals surface area contributed by atoms with Crippen molar-refractivity contribution in [3.05, 3.63) is 89.8 Å². The summed E-state index contributed by atoms with van der Waals surface area (Å²) in [7, 11) is 1.60. The van der Waals surface area contributed by atoms with Gasteiger partial charge in [-0.2, -0.15) is 0 Å². The lowest BCUT2D eigenvalue weighted by Crippen LogP contribution is -2.10. The predicted molar refractivity (Wildman–Crippen MR) is 154 cm³/mol. The average Bonchev–Trinajstić information content (AvgIpc) is 3.53. The lowest BCUT2D eigenvalue weighted by molar-refractivity contribution is -0.137. The van der Waals surface area contributed by atoms with E-state index in [0.29, 0.717) is 24.3 Å². The van der Waals surface area contributed by atoms with E-state index in [1.165, 1.54) is 18.1 Å². The molecule has 0 aliphatic heterocycles. The Morgan fingerprint density at radius 3 is 2.36 bits per heavy atom. The maximum absolute atomic E-state index is 14.8. The number of para-hydroxylation sites is 1. The van der Waals surface area contributed by atoms with Crippen LogP contribution in [0.1, 0.15) is 64.0 Å².